The quantitative estimate of drug-likeness (QED) is 0.0823. The minimum atomic E-state index is -4.48. The topological polar surface area (TPSA) is 204 Å². The van der Waals surface area contributed by atoms with Crippen molar-refractivity contribution in [1.29, 1.82) is 0 Å². The largest absolute Gasteiger partial charge is 0.468 e. The van der Waals surface area contributed by atoms with Crippen LogP contribution in [0.4, 0.5) is 5.69 Å². The summed E-state index contributed by atoms with van der Waals surface area (Å²) >= 11 is 0. The molecule has 326 valence electrons. The molecule has 0 atom stereocenters. The lowest BCUT2D eigenvalue weighted by atomic mass is 9.68. The number of nitrogens with zero attached hydrogens (tertiary/aromatic N) is 4. The Morgan fingerprint density at radius 2 is 1.47 bits per heavy atom. The summed E-state index contributed by atoms with van der Waals surface area (Å²) in [5.74, 6) is -0.693. The Hall–Kier alpha value is -4.20. The molecule has 0 saturated carbocycles. The number of rotatable bonds is 16. The Morgan fingerprint density at radius 1 is 0.783 bits per heavy atom. The van der Waals surface area contributed by atoms with Gasteiger partial charge >= 0.3 is 0 Å². The maximum Gasteiger partial charge on any atom is 0.293 e. The molecule has 0 amide bonds. The summed E-state index contributed by atoms with van der Waals surface area (Å²) in [6.07, 6.45) is 8.88. The Balaban J connectivity index is 1.74. The van der Waals surface area contributed by atoms with E-state index in [-0.39, 0.29) is 25.3 Å². The summed E-state index contributed by atoms with van der Waals surface area (Å²) in [5.41, 5.74) is 5.14. The number of hydrogen-bond donors (Lipinski definition) is 3. The number of allylic oxidation sites excluding steroid dienone is 1. The Kier molecular flexibility index (Phi) is 12.0. The van der Waals surface area contributed by atoms with Crippen molar-refractivity contribution in [1.82, 2.24) is 9.14 Å². The highest BCUT2D eigenvalue weighted by molar-refractivity contribution is 7.86. The van der Waals surface area contributed by atoms with E-state index in [0.29, 0.717) is 43.5 Å². The molecule has 3 aromatic rings. The highest BCUT2D eigenvalue weighted by Crippen LogP contribution is 2.47. The molecule has 18 heteroatoms. The Morgan fingerprint density at radius 3 is 2.10 bits per heavy atom. The first-order valence-corrected chi connectivity index (χ1v) is 24.7. The molecule has 15 nitrogen and oxygen atoms in total. The molecular formula is C42H56N4O11S3+2. The first kappa shape index (κ1) is 45.3. The molecule has 6 rings (SSSR count). The highest BCUT2D eigenvalue weighted by Gasteiger charge is 2.43. The zero-order chi connectivity index (χ0) is 44.4. The van der Waals surface area contributed by atoms with Crippen LogP contribution in [-0.2, 0) is 58.9 Å². The molecule has 60 heavy (non-hydrogen) atoms. The number of ether oxygens (including phenoxy) is 1. The van der Waals surface area contributed by atoms with Crippen molar-refractivity contribution >= 4 is 59.2 Å². The molecule has 0 unspecified atom stereocenters. The van der Waals surface area contributed by atoms with Crippen molar-refractivity contribution in [2.75, 3.05) is 41.9 Å². The zero-order valence-electron chi connectivity index (χ0n) is 35.4. The van der Waals surface area contributed by atoms with Crippen LogP contribution in [0.15, 0.2) is 48.8 Å². The van der Waals surface area contributed by atoms with Gasteiger partial charge in [-0.3, -0.25) is 18.5 Å². The fraction of sp³-hybridized carbons (Fsp3) is 0.500. The number of aryl methyl sites for hydroxylation is 2. The van der Waals surface area contributed by atoms with Crippen LogP contribution in [0.2, 0.25) is 0 Å². The molecule has 3 N–H and O–H groups in total. The zero-order valence-corrected chi connectivity index (χ0v) is 37.8. The van der Waals surface area contributed by atoms with E-state index in [4.69, 9.17) is 4.74 Å². The van der Waals surface area contributed by atoms with Gasteiger partial charge in [-0.15, -0.1) is 0 Å². The van der Waals surface area contributed by atoms with Crippen LogP contribution in [0, 0.1) is 0 Å². The maximum atomic E-state index is 12.6. The lowest BCUT2D eigenvalue weighted by molar-refractivity contribution is -0.673. The Labute approximate surface area is 352 Å². The van der Waals surface area contributed by atoms with Gasteiger partial charge in [0.2, 0.25) is 5.36 Å². The van der Waals surface area contributed by atoms with Gasteiger partial charge < -0.3 is 9.64 Å². The van der Waals surface area contributed by atoms with Gasteiger partial charge in [0.25, 0.3) is 42.7 Å². The molecule has 0 bridgehead atoms. The first-order chi connectivity index (χ1) is 27.6. The van der Waals surface area contributed by atoms with Crippen molar-refractivity contribution in [2.45, 2.75) is 90.8 Å². The van der Waals surface area contributed by atoms with E-state index in [1.54, 1.807) is 0 Å². The van der Waals surface area contributed by atoms with Gasteiger partial charge in [0.1, 0.15) is 24.7 Å². The van der Waals surface area contributed by atoms with Gasteiger partial charge in [0.05, 0.1) is 48.4 Å². The molecular weight excluding hydrogens is 833 g/mol. The molecule has 0 fully saturated rings. The molecule has 2 aliphatic heterocycles. The molecule has 0 saturated heterocycles. The Bertz CT molecular complexity index is 2800. The normalized spacial score (nSPS) is 17.9. The molecule has 3 heterocycles. The van der Waals surface area contributed by atoms with Gasteiger partial charge in [0, 0.05) is 49.5 Å². The summed E-state index contributed by atoms with van der Waals surface area (Å²) in [6.45, 7) is 15.6. The molecule has 1 aromatic heterocycles. The third kappa shape index (κ3) is 9.18. The van der Waals surface area contributed by atoms with Gasteiger partial charge in [-0.25, -0.2) is 13.7 Å². The van der Waals surface area contributed by atoms with Crippen molar-refractivity contribution in [3.63, 3.8) is 0 Å². The second-order valence-corrected chi connectivity index (χ2v) is 22.3. The standard InChI is InChI=1S/C42H54N4O11S3/c1-28-24-40(2,3)46(16-19-59(51,52)53)36-22-34-32(20-30(28)36)38(39-43(8)14-15-44(39)12-9-10-18-58(48,49)50)33-21-31-29(26-60(54,55)56)25-41(4,5)45(13-11-17-57-27-47)37(31)23-35(33)42(34,6)7/h14-15,20-25,27H,9-13,16-19,26H2,1-8H3,(H-2,48,49,50,51,52,53,54,55,56)/p+2. The second-order valence-electron chi connectivity index (χ2n) is 17.7. The third-order valence-corrected chi connectivity index (χ3v) is 14.2. The number of aromatic nitrogens is 2. The van der Waals surface area contributed by atoms with Gasteiger partial charge in [-0.1, -0.05) is 19.9 Å². The van der Waals surface area contributed by atoms with Crippen LogP contribution in [-0.4, -0.2) is 98.0 Å². The number of imidazole rings is 1. The van der Waals surface area contributed by atoms with Crippen molar-refractivity contribution in [3.05, 3.63) is 93.0 Å². The van der Waals surface area contributed by atoms with E-state index in [0.717, 1.165) is 55.5 Å². The minimum Gasteiger partial charge on any atom is -0.468 e. The number of benzene rings is 2. The molecule has 0 spiro atoms. The lowest BCUT2D eigenvalue weighted by Gasteiger charge is -2.45. The van der Waals surface area contributed by atoms with E-state index in [1.165, 1.54) is 0 Å². The fourth-order valence-corrected chi connectivity index (χ4v) is 11.0. The molecule has 2 aromatic carbocycles. The van der Waals surface area contributed by atoms with E-state index in [9.17, 15) is 43.7 Å². The predicted molar refractivity (Wildman–Crippen MR) is 230 cm³/mol. The predicted octanol–water partition coefficient (Wildman–Crippen LogP) is 2.87. The van der Waals surface area contributed by atoms with Crippen molar-refractivity contribution < 1.29 is 53.0 Å². The highest BCUT2D eigenvalue weighted by atomic mass is 32.2. The number of hydrogen-bond acceptors (Lipinski definition) is 9. The number of carbonyl (C=O) groups is 1. The molecule has 3 aliphatic rings. The number of carbonyl (C=O) groups excluding carboxylic acids is 1. The van der Waals surface area contributed by atoms with Crippen LogP contribution in [0.5, 0.6) is 0 Å². The van der Waals surface area contributed by atoms with Crippen LogP contribution < -0.4 is 24.6 Å². The van der Waals surface area contributed by atoms with Gasteiger partial charge in [0.15, 0.2) is 5.54 Å². The van der Waals surface area contributed by atoms with Crippen LogP contribution in [0.1, 0.15) is 101 Å². The first-order valence-electron chi connectivity index (χ1n) is 19.8. The van der Waals surface area contributed by atoms with Crippen LogP contribution >= 0.6 is 0 Å². The van der Waals surface area contributed by atoms with Gasteiger partial charge in [-0.2, -0.15) is 25.3 Å². The number of anilines is 1. The van der Waals surface area contributed by atoms with E-state index in [2.05, 4.69) is 42.7 Å². The van der Waals surface area contributed by atoms with Crippen molar-refractivity contribution in [3.8, 4) is 0 Å². The van der Waals surface area contributed by atoms with Crippen LogP contribution in [0.3, 0.4) is 0 Å². The summed E-state index contributed by atoms with van der Waals surface area (Å²) in [7, 11) is -11.0. The van der Waals surface area contributed by atoms with E-state index < -0.39 is 58.4 Å². The smallest absolute Gasteiger partial charge is 0.293 e. The van der Waals surface area contributed by atoms with E-state index >= 15 is 0 Å². The van der Waals surface area contributed by atoms with Crippen LogP contribution in [0.25, 0.3) is 16.7 Å². The lowest BCUT2D eigenvalue weighted by Crippen LogP contribution is -2.52. The average Bonchev–Trinajstić information content (AvgIpc) is 3.46. The van der Waals surface area contributed by atoms with Crippen molar-refractivity contribution in [2.24, 2.45) is 7.05 Å². The number of unbranched alkanes of at least 4 members (excludes halogenated alkanes) is 1. The maximum absolute atomic E-state index is 12.6. The third-order valence-electron chi connectivity index (χ3n) is 12.0. The molecule has 1 aliphatic carbocycles. The SMILES string of the molecule is CC1=CC(C)(C)N(CCS(=O)(=O)O)c2cc3c(cc21)C(c1n(CCCCS(=O)(=O)O)cc[n+]1C)=c1cc2c(cc1C3(C)C)=[N+](CCCOC=O)C(C)(C)C=C2CS(=O)(=O)O. The minimum absolute atomic E-state index is 0.0323. The summed E-state index contributed by atoms with van der Waals surface area (Å²) in [4.78, 5) is 13.0. The monoisotopic (exact) mass is 888 g/mol. The fourth-order valence-electron chi connectivity index (χ4n) is 9.35. The van der Waals surface area contributed by atoms with Gasteiger partial charge in [-0.05, 0) is 90.9 Å². The molecule has 0 radical (unpaired) electrons. The summed E-state index contributed by atoms with van der Waals surface area (Å²) in [5, 5.41) is 1.55. The van der Waals surface area contributed by atoms with E-state index in [1.807, 2.05) is 80.2 Å². The second kappa shape index (κ2) is 15.9. The summed E-state index contributed by atoms with van der Waals surface area (Å²) < 4.78 is 113. The average molecular weight is 889 g/mol. The summed E-state index contributed by atoms with van der Waals surface area (Å²) in [6, 6.07) is 8.29. The number of fused-ring (bicyclic) bond motifs is 4.